The van der Waals surface area contributed by atoms with Crippen molar-refractivity contribution >= 4 is 24.9 Å². The third-order valence-corrected chi connectivity index (χ3v) is 0. The molecule has 0 aromatic rings. The summed E-state index contributed by atoms with van der Waals surface area (Å²) < 4.78 is 0. The first kappa shape index (κ1) is 4.28. The summed E-state index contributed by atoms with van der Waals surface area (Å²) in [7, 11) is 4.89. The van der Waals surface area contributed by atoms with Crippen molar-refractivity contribution in [1.29, 1.82) is 0 Å². The molecule has 0 saturated carbocycles. The van der Waals surface area contributed by atoms with Crippen LogP contribution in [0.5, 0.6) is 0 Å². The molecule has 0 aliphatic heterocycles. The monoisotopic (exact) mass is 71.0 g/mol. The van der Waals surface area contributed by atoms with Crippen LogP contribution < -0.4 is 0 Å². The molecule has 0 aromatic heterocycles. The van der Waals surface area contributed by atoms with Crippen molar-refractivity contribution in [2.45, 2.75) is 6.92 Å². The minimum atomic E-state index is 0.611. The fourth-order valence-electron chi connectivity index (χ4n) is 0. The van der Waals surface area contributed by atoms with Gasteiger partial charge in [0, 0.05) is 0 Å². The second kappa shape index (κ2) is 1.59. The molecule has 0 rings (SSSR count). The van der Waals surface area contributed by atoms with Gasteiger partial charge in [-0.3, -0.25) is 0 Å². The van der Waals surface area contributed by atoms with Crippen molar-refractivity contribution in [1.82, 2.24) is 0 Å². The average molecular weight is 70.9 g/mol. The van der Waals surface area contributed by atoms with Crippen LogP contribution in [0, 0.1) is 0 Å². The van der Waals surface area contributed by atoms with E-state index >= 15 is 0 Å². The first-order chi connectivity index (χ1) is 1.73. The maximum absolute atomic E-state index is 4.89. The van der Waals surface area contributed by atoms with Crippen LogP contribution in [0.25, 0.3) is 0 Å². The topological polar surface area (TPSA) is 0 Å². The van der Waals surface area contributed by atoms with Gasteiger partial charge >= 0.3 is 31.8 Å². The summed E-state index contributed by atoms with van der Waals surface area (Å²) in [6, 6.07) is 0. The zero-order valence-corrected chi connectivity index (χ0v) is 3.42. The summed E-state index contributed by atoms with van der Waals surface area (Å²) in [4.78, 5) is 0.611. The van der Waals surface area contributed by atoms with Crippen molar-refractivity contribution in [3.05, 3.63) is 0 Å². The standard InChI is InChI=1S/C2H4BS/c1-2(3)4/h4H,1H3. The Morgan fingerprint density at radius 2 is 2.00 bits per heavy atom. The molecule has 0 aliphatic rings. The van der Waals surface area contributed by atoms with Gasteiger partial charge in [-0.15, -0.1) is 0 Å². The van der Waals surface area contributed by atoms with E-state index in [1.54, 1.807) is 6.92 Å². The van der Waals surface area contributed by atoms with Gasteiger partial charge in [0.25, 0.3) is 0 Å². The molecule has 0 bridgehead atoms. The molecule has 0 heterocycles. The normalized spacial score (nSPS) is 6.25. The molecule has 0 atom stereocenters. The second-order valence-corrected chi connectivity index (χ2v) is 1.35. The second-order valence-electron chi connectivity index (χ2n) is 0.641. The zero-order valence-electron chi connectivity index (χ0n) is 2.52. The maximum atomic E-state index is 4.89. The fraction of sp³-hybridized carbons (Fsp3) is 0.500. The fourth-order valence-corrected chi connectivity index (χ4v) is 0. The Kier molecular flexibility index (Phi) is 1.70. The van der Waals surface area contributed by atoms with Crippen molar-refractivity contribution in [2.24, 2.45) is 0 Å². The van der Waals surface area contributed by atoms with Crippen molar-refractivity contribution < 1.29 is 0 Å². The Bertz CT molecular complexity index is 29.0. The van der Waals surface area contributed by atoms with E-state index < -0.39 is 0 Å². The molecule has 0 aliphatic carbocycles. The number of hydrogen-bond donors (Lipinski definition) is 1. The van der Waals surface area contributed by atoms with Crippen molar-refractivity contribution in [2.75, 3.05) is 0 Å². The molecule has 0 nitrogen and oxygen atoms in total. The summed E-state index contributed by atoms with van der Waals surface area (Å²) in [6.07, 6.45) is 0. The van der Waals surface area contributed by atoms with Crippen LogP contribution in [0.1, 0.15) is 6.92 Å². The molecule has 0 aromatic carbocycles. The van der Waals surface area contributed by atoms with Crippen LogP contribution in [0.3, 0.4) is 0 Å². The summed E-state index contributed by atoms with van der Waals surface area (Å²) >= 11 is 3.66. The van der Waals surface area contributed by atoms with Gasteiger partial charge in [-0.2, -0.15) is 0 Å². The van der Waals surface area contributed by atoms with Crippen LogP contribution in [0.4, 0.5) is 0 Å². The van der Waals surface area contributed by atoms with E-state index in [1.807, 2.05) is 0 Å². The van der Waals surface area contributed by atoms with Crippen molar-refractivity contribution in [3.8, 4) is 0 Å². The van der Waals surface area contributed by atoms with E-state index in [4.69, 9.17) is 7.49 Å². The van der Waals surface area contributed by atoms with E-state index in [1.165, 1.54) is 0 Å². The molecule has 2 heteroatoms. The SMILES string of the molecule is [B]=C(C)S. The van der Waals surface area contributed by atoms with Gasteiger partial charge in [0.15, 0.2) is 0 Å². The van der Waals surface area contributed by atoms with Gasteiger partial charge in [-0.05, 0) is 0 Å². The Labute approximate surface area is 32.7 Å². The molecule has 0 N–H and O–H groups in total. The van der Waals surface area contributed by atoms with Crippen LogP contribution in [-0.2, 0) is 0 Å². The van der Waals surface area contributed by atoms with Gasteiger partial charge in [-0.1, -0.05) is 0 Å². The van der Waals surface area contributed by atoms with Gasteiger partial charge < -0.3 is 0 Å². The zero-order chi connectivity index (χ0) is 3.58. The molecular weight excluding hydrogens is 66.9 g/mol. The summed E-state index contributed by atoms with van der Waals surface area (Å²) in [5.41, 5.74) is 0. The Morgan fingerprint density at radius 1 is 2.00 bits per heavy atom. The first-order valence-corrected chi connectivity index (χ1v) is 1.46. The van der Waals surface area contributed by atoms with Crippen LogP contribution in [0.2, 0.25) is 0 Å². The predicted octanol–water partition coefficient (Wildman–Crippen LogP) is 0.234. The third kappa shape index (κ3) is 46.5. The summed E-state index contributed by atoms with van der Waals surface area (Å²) in [5.74, 6) is 0. The van der Waals surface area contributed by atoms with Gasteiger partial charge in [0.2, 0.25) is 0 Å². The molecule has 0 spiro atoms. The molecule has 21 valence electrons. The van der Waals surface area contributed by atoms with E-state index in [9.17, 15) is 0 Å². The number of hydrogen-bond acceptors (Lipinski definition) is 1. The first-order valence-electron chi connectivity index (χ1n) is 1.01. The van der Waals surface area contributed by atoms with Gasteiger partial charge in [-0.25, -0.2) is 0 Å². The van der Waals surface area contributed by atoms with E-state index in [-0.39, 0.29) is 0 Å². The molecule has 0 saturated heterocycles. The van der Waals surface area contributed by atoms with Gasteiger partial charge in [0.05, 0.1) is 0 Å². The molecule has 0 fully saturated rings. The third-order valence-electron chi connectivity index (χ3n) is 0. The summed E-state index contributed by atoms with van der Waals surface area (Å²) in [5, 5.41) is 0. The van der Waals surface area contributed by atoms with E-state index in [0.717, 1.165) is 0 Å². The van der Waals surface area contributed by atoms with Gasteiger partial charge in [0.1, 0.15) is 0 Å². The predicted molar refractivity (Wildman–Crippen MR) is 25.4 cm³/mol. The Hall–Kier alpha value is 0.285. The van der Waals surface area contributed by atoms with Crippen LogP contribution in [-0.4, -0.2) is 12.3 Å². The molecule has 4 heavy (non-hydrogen) atoms. The molecule has 0 unspecified atom stereocenters. The average Bonchev–Trinajstić information content (AvgIpc) is 0.811. The Balaban J connectivity index is 2.80. The van der Waals surface area contributed by atoms with Crippen LogP contribution >= 0.6 is 12.6 Å². The Morgan fingerprint density at radius 3 is 2.00 bits per heavy atom. The summed E-state index contributed by atoms with van der Waals surface area (Å²) in [6.45, 7) is 1.73. The molecule has 1 radical (unpaired) electrons. The number of thiol groups is 1. The van der Waals surface area contributed by atoms with E-state index in [2.05, 4.69) is 12.6 Å². The minimum absolute atomic E-state index is 0.611. The molecule has 0 amide bonds. The van der Waals surface area contributed by atoms with Crippen molar-refractivity contribution in [3.63, 3.8) is 0 Å². The molecular formula is C2H4BS. The van der Waals surface area contributed by atoms with E-state index in [0.29, 0.717) is 4.80 Å². The number of rotatable bonds is 0. The van der Waals surface area contributed by atoms with Crippen LogP contribution in [0.15, 0.2) is 0 Å². The quantitative estimate of drug-likeness (QED) is 0.307.